The molecule has 4 nitrogen and oxygen atoms in total. The Balaban J connectivity index is 2.51. The third-order valence-electron chi connectivity index (χ3n) is 1.91. The number of ether oxygens (including phenoxy) is 1. The number of nitrogens with two attached hydrogens (primary N) is 1. The molecule has 0 saturated carbocycles. The smallest absolute Gasteiger partial charge is 0.150 e. The maximum absolute atomic E-state index is 10.9. The lowest BCUT2D eigenvalue weighted by Crippen LogP contribution is -2.11. The topological polar surface area (TPSA) is 69.4 Å². The standard InChI is InChI=1S/C12H15NO3S/c1-17(14,15)10-9-16-12-6-4-11(5-7-12)3-2-8-13/h4-7H,8-10,13H2,1H3. The molecular weight excluding hydrogens is 238 g/mol. The van der Waals surface area contributed by atoms with Crippen LogP contribution >= 0.6 is 0 Å². The maximum Gasteiger partial charge on any atom is 0.150 e. The predicted molar refractivity (Wildman–Crippen MR) is 67.6 cm³/mol. The zero-order valence-electron chi connectivity index (χ0n) is 9.64. The van der Waals surface area contributed by atoms with E-state index in [-0.39, 0.29) is 12.4 Å². The van der Waals surface area contributed by atoms with E-state index in [1.807, 2.05) is 0 Å². The van der Waals surface area contributed by atoms with E-state index in [9.17, 15) is 8.42 Å². The van der Waals surface area contributed by atoms with Crippen LogP contribution in [0.1, 0.15) is 5.56 Å². The highest BCUT2D eigenvalue weighted by molar-refractivity contribution is 7.90. The summed E-state index contributed by atoms with van der Waals surface area (Å²) in [6, 6.07) is 7.11. The number of benzene rings is 1. The Kier molecular flexibility index (Phi) is 5.01. The van der Waals surface area contributed by atoms with Crippen molar-refractivity contribution in [2.45, 2.75) is 0 Å². The molecular formula is C12H15NO3S. The monoisotopic (exact) mass is 253 g/mol. The molecule has 17 heavy (non-hydrogen) atoms. The quantitative estimate of drug-likeness (QED) is 0.790. The van der Waals surface area contributed by atoms with Gasteiger partial charge in [0.1, 0.15) is 12.4 Å². The number of hydrogen-bond donors (Lipinski definition) is 1. The van der Waals surface area contributed by atoms with Gasteiger partial charge in [-0.25, -0.2) is 8.42 Å². The molecule has 0 heterocycles. The van der Waals surface area contributed by atoms with Gasteiger partial charge in [-0.05, 0) is 24.3 Å². The van der Waals surface area contributed by atoms with Crippen molar-refractivity contribution < 1.29 is 13.2 Å². The van der Waals surface area contributed by atoms with Gasteiger partial charge in [-0.2, -0.15) is 0 Å². The van der Waals surface area contributed by atoms with Crippen molar-refractivity contribution >= 4 is 9.84 Å². The van der Waals surface area contributed by atoms with E-state index in [1.54, 1.807) is 24.3 Å². The highest BCUT2D eigenvalue weighted by atomic mass is 32.2. The molecule has 92 valence electrons. The molecule has 1 aromatic carbocycles. The minimum Gasteiger partial charge on any atom is -0.493 e. The van der Waals surface area contributed by atoms with Gasteiger partial charge in [0.05, 0.1) is 12.3 Å². The van der Waals surface area contributed by atoms with Crippen molar-refractivity contribution in [3.8, 4) is 17.6 Å². The van der Waals surface area contributed by atoms with Gasteiger partial charge in [0.2, 0.25) is 0 Å². The van der Waals surface area contributed by atoms with E-state index in [2.05, 4.69) is 11.8 Å². The molecule has 0 aliphatic rings. The van der Waals surface area contributed by atoms with Crippen LogP contribution in [0, 0.1) is 11.8 Å². The maximum atomic E-state index is 10.9. The fraction of sp³-hybridized carbons (Fsp3) is 0.333. The summed E-state index contributed by atoms with van der Waals surface area (Å²) in [7, 11) is -2.98. The van der Waals surface area contributed by atoms with Crippen LogP contribution in [0.4, 0.5) is 0 Å². The largest absolute Gasteiger partial charge is 0.493 e. The van der Waals surface area contributed by atoms with E-state index in [0.29, 0.717) is 12.3 Å². The van der Waals surface area contributed by atoms with Gasteiger partial charge in [0.25, 0.3) is 0 Å². The highest BCUT2D eigenvalue weighted by Crippen LogP contribution is 2.11. The number of hydrogen-bond acceptors (Lipinski definition) is 4. The third kappa shape index (κ3) is 5.95. The Hall–Kier alpha value is -1.51. The van der Waals surface area contributed by atoms with Crippen molar-refractivity contribution in [1.82, 2.24) is 0 Å². The molecule has 1 rings (SSSR count). The third-order valence-corrected chi connectivity index (χ3v) is 2.82. The second-order valence-corrected chi connectivity index (χ2v) is 5.77. The number of rotatable bonds is 4. The lowest BCUT2D eigenvalue weighted by molar-refractivity contribution is 0.341. The van der Waals surface area contributed by atoms with Crippen LogP contribution in [0.25, 0.3) is 0 Å². The molecule has 0 radical (unpaired) electrons. The molecule has 0 bridgehead atoms. The van der Waals surface area contributed by atoms with Gasteiger partial charge in [-0.1, -0.05) is 11.8 Å². The van der Waals surface area contributed by atoms with Gasteiger partial charge < -0.3 is 10.5 Å². The molecule has 0 aliphatic carbocycles. The summed E-state index contributed by atoms with van der Waals surface area (Å²) in [6.07, 6.45) is 1.18. The SMILES string of the molecule is CS(=O)(=O)CCOc1ccc(C#CCN)cc1. The van der Waals surface area contributed by atoms with Gasteiger partial charge in [-0.3, -0.25) is 0 Å². The average molecular weight is 253 g/mol. The van der Waals surface area contributed by atoms with Crippen LogP contribution < -0.4 is 10.5 Å². The van der Waals surface area contributed by atoms with Crippen LogP contribution in [0.3, 0.4) is 0 Å². The van der Waals surface area contributed by atoms with E-state index < -0.39 is 9.84 Å². The van der Waals surface area contributed by atoms with Crippen molar-refractivity contribution in [3.05, 3.63) is 29.8 Å². The lowest BCUT2D eigenvalue weighted by atomic mass is 10.2. The summed E-state index contributed by atoms with van der Waals surface area (Å²) < 4.78 is 27.1. The summed E-state index contributed by atoms with van der Waals surface area (Å²) in [5, 5.41) is 0. The fourth-order valence-electron chi connectivity index (χ4n) is 1.10. The van der Waals surface area contributed by atoms with Crippen LogP contribution in [-0.2, 0) is 9.84 Å². The van der Waals surface area contributed by atoms with Gasteiger partial charge in [-0.15, -0.1) is 0 Å². The van der Waals surface area contributed by atoms with Gasteiger partial charge >= 0.3 is 0 Å². The summed E-state index contributed by atoms with van der Waals surface area (Å²) >= 11 is 0. The molecule has 0 spiro atoms. The average Bonchev–Trinajstić information content (AvgIpc) is 2.26. The normalized spacial score (nSPS) is 10.5. The Morgan fingerprint density at radius 3 is 2.47 bits per heavy atom. The second kappa shape index (κ2) is 6.28. The molecule has 1 aromatic rings. The van der Waals surface area contributed by atoms with Crippen LogP contribution in [0.2, 0.25) is 0 Å². The summed E-state index contributed by atoms with van der Waals surface area (Å²) in [4.78, 5) is 0. The molecule has 0 saturated heterocycles. The Morgan fingerprint density at radius 2 is 1.94 bits per heavy atom. The zero-order chi connectivity index (χ0) is 12.7. The second-order valence-electron chi connectivity index (χ2n) is 3.51. The van der Waals surface area contributed by atoms with Gasteiger partial charge in [0.15, 0.2) is 9.84 Å². The van der Waals surface area contributed by atoms with Crippen LogP contribution in [-0.4, -0.2) is 33.6 Å². The first-order valence-electron chi connectivity index (χ1n) is 5.11. The van der Waals surface area contributed by atoms with Crippen LogP contribution in [0.15, 0.2) is 24.3 Å². The zero-order valence-corrected chi connectivity index (χ0v) is 10.5. The van der Waals surface area contributed by atoms with E-state index in [4.69, 9.17) is 10.5 Å². The lowest BCUT2D eigenvalue weighted by Gasteiger charge is -2.04. The summed E-state index contributed by atoms with van der Waals surface area (Å²) in [6.45, 7) is 0.485. The van der Waals surface area contributed by atoms with Gasteiger partial charge in [0, 0.05) is 11.8 Å². The number of sulfone groups is 1. The van der Waals surface area contributed by atoms with E-state index in [0.717, 1.165) is 5.56 Å². The predicted octanol–water partition coefficient (Wildman–Crippen LogP) is 0.420. The Bertz CT molecular complexity index is 509. The minimum atomic E-state index is -2.98. The summed E-state index contributed by atoms with van der Waals surface area (Å²) in [5.41, 5.74) is 6.11. The Morgan fingerprint density at radius 1 is 1.29 bits per heavy atom. The molecule has 5 heteroatoms. The van der Waals surface area contributed by atoms with Crippen molar-refractivity contribution in [1.29, 1.82) is 0 Å². The molecule has 0 atom stereocenters. The molecule has 0 fully saturated rings. The highest BCUT2D eigenvalue weighted by Gasteiger charge is 2.02. The Labute approximate surface area is 102 Å². The minimum absolute atomic E-state index is 0.0156. The fourth-order valence-corrected chi connectivity index (χ4v) is 1.48. The molecule has 2 N–H and O–H groups in total. The van der Waals surface area contributed by atoms with Crippen LogP contribution in [0.5, 0.6) is 5.75 Å². The van der Waals surface area contributed by atoms with Crippen molar-refractivity contribution in [2.24, 2.45) is 5.73 Å². The van der Waals surface area contributed by atoms with E-state index >= 15 is 0 Å². The van der Waals surface area contributed by atoms with Crippen molar-refractivity contribution in [3.63, 3.8) is 0 Å². The first-order valence-corrected chi connectivity index (χ1v) is 7.17. The van der Waals surface area contributed by atoms with Crippen molar-refractivity contribution in [2.75, 3.05) is 25.2 Å². The first kappa shape index (κ1) is 13.6. The molecule has 0 aliphatic heterocycles. The molecule has 0 amide bonds. The molecule has 0 unspecified atom stereocenters. The van der Waals surface area contributed by atoms with E-state index in [1.165, 1.54) is 6.26 Å². The first-order chi connectivity index (χ1) is 8.01. The summed E-state index contributed by atoms with van der Waals surface area (Å²) in [5.74, 6) is 6.28. The molecule has 0 aromatic heterocycles.